The first-order valence-corrected chi connectivity index (χ1v) is 8.34. The van der Waals surface area contributed by atoms with Crippen LogP contribution in [0.15, 0.2) is 35.1 Å². The van der Waals surface area contributed by atoms with Crippen molar-refractivity contribution in [2.75, 3.05) is 11.9 Å². The van der Waals surface area contributed by atoms with Crippen LogP contribution in [0.25, 0.3) is 5.69 Å². The normalized spacial score (nSPS) is 20.8. The van der Waals surface area contributed by atoms with E-state index >= 15 is 0 Å². The van der Waals surface area contributed by atoms with Crippen molar-refractivity contribution in [3.8, 4) is 5.69 Å². The highest BCUT2D eigenvalue weighted by molar-refractivity contribution is 5.98. The van der Waals surface area contributed by atoms with Crippen LogP contribution in [-0.2, 0) is 11.8 Å². The van der Waals surface area contributed by atoms with Crippen molar-refractivity contribution in [2.24, 2.45) is 7.05 Å². The van der Waals surface area contributed by atoms with Crippen LogP contribution < -0.4 is 16.2 Å². The number of nitrogens with one attached hydrogen (secondary N) is 2. The molecule has 1 atom stereocenters. The van der Waals surface area contributed by atoms with Gasteiger partial charge in [-0.15, -0.1) is 0 Å². The van der Waals surface area contributed by atoms with E-state index in [0.717, 1.165) is 37.2 Å². The number of benzene rings is 1. The Bertz CT molecular complexity index is 798. The molecule has 0 aliphatic carbocycles. The van der Waals surface area contributed by atoms with Crippen LogP contribution >= 0.6 is 0 Å². The predicted molar refractivity (Wildman–Crippen MR) is 94.6 cm³/mol. The second-order valence-corrected chi connectivity index (χ2v) is 6.61. The topological polar surface area (TPSA) is 68.1 Å². The molecule has 1 amide bonds. The van der Waals surface area contributed by atoms with Gasteiger partial charge in [-0.05, 0) is 51.8 Å². The number of carbonyl (C=O) groups is 1. The molecule has 1 aliphatic rings. The zero-order chi connectivity index (χ0) is 17.3. The third-order valence-corrected chi connectivity index (χ3v) is 4.91. The van der Waals surface area contributed by atoms with Crippen molar-refractivity contribution in [1.82, 2.24) is 14.7 Å². The summed E-state index contributed by atoms with van der Waals surface area (Å²) < 4.78 is 3.34. The number of para-hydroxylation sites is 1. The van der Waals surface area contributed by atoms with Crippen molar-refractivity contribution >= 4 is 11.6 Å². The highest BCUT2D eigenvalue weighted by atomic mass is 16.2. The van der Waals surface area contributed by atoms with Crippen molar-refractivity contribution in [1.29, 1.82) is 0 Å². The van der Waals surface area contributed by atoms with E-state index in [0.29, 0.717) is 5.69 Å². The van der Waals surface area contributed by atoms with Gasteiger partial charge in [0.25, 0.3) is 5.56 Å². The van der Waals surface area contributed by atoms with E-state index in [1.54, 1.807) is 9.36 Å². The Kier molecular flexibility index (Phi) is 4.32. The number of anilines is 1. The molecule has 24 heavy (non-hydrogen) atoms. The summed E-state index contributed by atoms with van der Waals surface area (Å²) in [6.45, 7) is 4.56. The number of piperidine rings is 1. The Labute approximate surface area is 141 Å². The van der Waals surface area contributed by atoms with Crippen LogP contribution in [0.3, 0.4) is 0 Å². The van der Waals surface area contributed by atoms with Crippen LogP contribution in [0.1, 0.15) is 31.9 Å². The molecule has 1 aromatic carbocycles. The van der Waals surface area contributed by atoms with E-state index in [-0.39, 0.29) is 11.5 Å². The first-order valence-electron chi connectivity index (χ1n) is 8.34. The van der Waals surface area contributed by atoms with E-state index in [9.17, 15) is 9.59 Å². The summed E-state index contributed by atoms with van der Waals surface area (Å²) in [6.07, 6.45) is 2.87. The van der Waals surface area contributed by atoms with Crippen LogP contribution in [-0.4, -0.2) is 27.4 Å². The van der Waals surface area contributed by atoms with Gasteiger partial charge >= 0.3 is 0 Å². The monoisotopic (exact) mass is 328 g/mol. The van der Waals surface area contributed by atoms with Crippen LogP contribution in [0.2, 0.25) is 0 Å². The largest absolute Gasteiger partial charge is 0.318 e. The maximum atomic E-state index is 12.8. The SMILES string of the molecule is Cc1c(NC(=O)C2(C)CCCCN2)c(=O)n(-c2ccccc2)n1C. The number of amides is 1. The third-order valence-electron chi connectivity index (χ3n) is 4.91. The average Bonchev–Trinajstić information content (AvgIpc) is 2.80. The molecule has 6 nitrogen and oxygen atoms in total. The Morgan fingerprint density at radius 1 is 1.25 bits per heavy atom. The zero-order valence-electron chi connectivity index (χ0n) is 14.4. The van der Waals surface area contributed by atoms with E-state index in [1.165, 1.54) is 0 Å². The summed E-state index contributed by atoms with van der Waals surface area (Å²) in [5.74, 6) is -0.145. The predicted octanol–water partition coefficient (Wildman–Crippen LogP) is 1.96. The van der Waals surface area contributed by atoms with Gasteiger partial charge < -0.3 is 10.6 Å². The lowest BCUT2D eigenvalue weighted by molar-refractivity contribution is -0.122. The van der Waals surface area contributed by atoms with Gasteiger partial charge in [-0.25, -0.2) is 4.68 Å². The first kappa shape index (κ1) is 16.5. The molecule has 0 bridgehead atoms. The molecule has 0 saturated carbocycles. The second-order valence-electron chi connectivity index (χ2n) is 6.61. The van der Waals surface area contributed by atoms with Gasteiger partial charge in [0.2, 0.25) is 5.91 Å². The number of rotatable bonds is 3. The Balaban J connectivity index is 1.95. The van der Waals surface area contributed by atoms with Crippen molar-refractivity contribution < 1.29 is 4.79 Å². The molecule has 1 fully saturated rings. The third kappa shape index (κ3) is 2.78. The number of carbonyl (C=O) groups excluding carboxylic acids is 1. The van der Waals surface area contributed by atoms with Crippen molar-refractivity contribution in [3.05, 3.63) is 46.4 Å². The molecule has 2 aromatic rings. The van der Waals surface area contributed by atoms with Gasteiger partial charge in [0.1, 0.15) is 5.69 Å². The summed E-state index contributed by atoms with van der Waals surface area (Å²) in [4.78, 5) is 25.6. The molecule has 1 aliphatic heterocycles. The quantitative estimate of drug-likeness (QED) is 0.905. The van der Waals surface area contributed by atoms with Gasteiger partial charge in [0, 0.05) is 7.05 Å². The van der Waals surface area contributed by atoms with Gasteiger partial charge in [-0.3, -0.25) is 14.3 Å². The number of hydrogen-bond donors (Lipinski definition) is 2. The van der Waals surface area contributed by atoms with E-state index in [1.807, 2.05) is 51.2 Å². The minimum absolute atomic E-state index is 0.145. The van der Waals surface area contributed by atoms with E-state index in [2.05, 4.69) is 10.6 Å². The molecule has 2 heterocycles. The number of aromatic nitrogens is 2. The Morgan fingerprint density at radius 3 is 2.58 bits per heavy atom. The minimum atomic E-state index is -0.620. The summed E-state index contributed by atoms with van der Waals surface area (Å²) in [7, 11) is 1.82. The van der Waals surface area contributed by atoms with Crippen molar-refractivity contribution in [3.63, 3.8) is 0 Å². The Hall–Kier alpha value is -2.34. The fourth-order valence-corrected chi connectivity index (χ4v) is 3.21. The number of hydrogen-bond acceptors (Lipinski definition) is 3. The molecule has 128 valence electrons. The minimum Gasteiger partial charge on any atom is -0.318 e. The highest BCUT2D eigenvalue weighted by Crippen LogP contribution is 2.21. The smallest absolute Gasteiger partial charge is 0.295 e. The summed E-state index contributed by atoms with van der Waals surface area (Å²) in [6, 6.07) is 9.42. The van der Waals surface area contributed by atoms with Gasteiger partial charge in [-0.2, -0.15) is 0 Å². The summed E-state index contributed by atoms with van der Waals surface area (Å²) in [5, 5.41) is 6.14. The first-order chi connectivity index (χ1) is 11.4. The molecule has 1 aromatic heterocycles. The molecule has 3 rings (SSSR count). The molecule has 1 unspecified atom stereocenters. The molecule has 1 saturated heterocycles. The Morgan fingerprint density at radius 2 is 1.96 bits per heavy atom. The zero-order valence-corrected chi connectivity index (χ0v) is 14.4. The maximum Gasteiger partial charge on any atom is 0.295 e. The fourth-order valence-electron chi connectivity index (χ4n) is 3.21. The lowest BCUT2D eigenvalue weighted by Crippen LogP contribution is -2.55. The van der Waals surface area contributed by atoms with Crippen LogP contribution in [0.4, 0.5) is 5.69 Å². The second kappa shape index (κ2) is 6.28. The van der Waals surface area contributed by atoms with Crippen LogP contribution in [0, 0.1) is 6.92 Å². The van der Waals surface area contributed by atoms with Gasteiger partial charge in [0.05, 0.1) is 16.9 Å². The van der Waals surface area contributed by atoms with Crippen LogP contribution in [0.5, 0.6) is 0 Å². The van der Waals surface area contributed by atoms with Gasteiger partial charge in [-0.1, -0.05) is 18.2 Å². The molecular weight excluding hydrogens is 304 g/mol. The lowest BCUT2D eigenvalue weighted by Gasteiger charge is -2.33. The van der Waals surface area contributed by atoms with Crippen molar-refractivity contribution in [2.45, 2.75) is 38.6 Å². The standard InChI is InChI=1S/C18H24N4O2/c1-13-15(20-17(24)18(2)11-7-8-12-19-18)16(23)22(21(13)3)14-9-5-4-6-10-14/h4-6,9-10,19H,7-8,11-12H2,1-3H3,(H,20,24). The molecule has 2 N–H and O–H groups in total. The highest BCUT2D eigenvalue weighted by Gasteiger charge is 2.35. The maximum absolute atomic E-state index is 12.8. The summed E-state index contributed by atoms with van der Waals surface area (Å²) >= 11 is 0. The fraction of sp³-hybridized carbons (Fsp3) is 0.444. The lowest BCUT2D eigenvalue weighted by atomic mass is 9.90. The molecular formula is C18H24N4O2. The van der Waals surface area contributed by atoms with E-state index in [4.69, 9.17) is 0 Å². The summed E-state index contributed by atoms with van der Waals surface area (Å²) in [5.41, 5.74) is 1.02. The average molecular weight is 328 g/mol. The molecule has 0 spiro atoms. The van der Waals surface area contributed by atoms with E-state index < -0.39 is 5.54 Å². The molecule has 0 radical (unpaired) electrons. The van der Waals surface area contributed by atoms with Gasteiger partial charge in [0.15, 0.2) is 0 Å². The number of nitrogens with zero attached hydrogens (tertiary/aromatic N) is 2. The molecule has 6 heteroatoms.